The largest absolute Gasteiger partial charge is 0.492 e. The molecule has 1 aliphatic carbocycles. The molecule has 40 heavy (non-hydrogen) atoms. The van der Waals surface area contributed by atoms with Crippen LogP contribution in [0.2, 0.25) is 0 Å². The maximum atomic E-state index is 15.3. The van der Waals surface area contributed by atoms with Gasteiger partial charge in [0, 0.05) is 28.7 Å². The third-order valence-electron chi connectivity index (χ3n) is 7.98. The van der Waals surface area contributed by atoms with Crippen LogP contribution >= 0.6 is 0 Å². The van der Waals surface area contributed by atoms with Crippen LogP contribution in [0.1, 0.15) is 58.4 Å². The number of benzene rings is 3. The van der Waals surface area contributed by atoms with Crippen molar-refractivity contribution in [3.8, 4) is 33.8 Å². The van der Waals surface area contributed by atoms with Crippen molar-refractivity contribution in [2.45, 2.75) is 52.1 Å². The predicted molar refractivity (Wildman–Crippen MR) is 150 cm³/mol. The summed E-state index contributed by atoms with van der Waals surface area (Å²) < 4.78 is 32.3. The zero-order valence-electron chi connectivity index (χ0n) is 23.1. The summed E-state index contributed by atoms with van der Waals surface area (Å²) in [5.41, 5.74) is 10.0. The van der Waals surface area contributed by atoms with E-state index in [2.05, 4.69) is 36.2 Å². The van der Waals surface area contributed by atoms with Crippen LogP contribution < -0.4 is 9.47 Å². The van der Waals surface area contributed by atoms with Crippen molar-refractivity contribution in [2.24, 2.45) is 0 Å². The van der Waals surface area contributed by atoms with Gasteiger partial charge in [-0.1, -0.05) is 24.3 Å². The number of fused-ring (bicyclic) bond motifs is 2. The van der Waals surface area contributed by atoms with Crippen LogP contribution in [-0.2, 0) is 16.0 Å². The van der Waals surface area contributed by atoms with Crippen molar-refractivity contribution in [3.63, 3.8) is 0 Å². The maximum absolute atomic E-state index is 15.3. The Hall–Kier alpha value is -4.26. The summed E-state index contributed by atoms with van der Waals surface area (Å²) in [6.07, 6.45) is 3.06. The summed E-state index contributed by atoms with van der Waals surface area (Å²) in [5.74, 6) is 0.769. The monoisotopic (exact) mass is 538 g/mol. The lowest BCUT2D eigenvalue weighted by Crippen LogP contribution is -2.09. The summed E-state index contributed by atoms with van der Waals surface area (Å²) in [5, 5.41) is 8.18. The third kappa shape index (κ3) is 4.70. The second-order valence-electron chi connectivity index (χ2n) is 10.7. The molecular formula is C33H31FN2O4. The van der Waals surface area contributed by atoms with E-state index in [-0.39, 0.29) is 24.1 Å². The van der Waals surface area contributed by atoms with E-state index in [0.29, 0.717) is 30.1 Å². The van der Waals surface area contributed by atoms with E-state index in [9.17, 15) is 4.79 Å². The summed E-state index contributed by atoms with van der Waals surface area (Å²) >= 11 is 0. The maximum Gasteiger partial charge on any atom is 0.306 e. The molecule has 6 nitrogen and oxygen atoms in total. The number of hydrogen-bond donors (Lipinski definition) is 0. The highest BCUT2D eigenvalue weighted by Gasteiger charge is 2.32. The van der Waals surface area contributed by atoms with Crippen molar-refractivity contribution in [2.75, 3.05) is 13.7 Å². The van der Waals surface area contributed by atoms with Crippen molar-refractivity contribution in [1.82, 2.24) is 10.2 Å². The smallest absolute Gasteiger partial charge is 0.306 e. The van der Waals surface area contributed by atoms with Crippen molar-refractivity contribution < 1.29 is 23.4 Å². The molecule has 1 unspecified atom stereocenters. The average Bonchev–Trinajstić information content (AvgIpc) is 3.54. The second-order valence-corrected chi connectivity index (χ2v) is 10.7. The zero-order chi connectivity index (χ0) is 28.0. The van der Waals surface area contributed by atoms with Crippen LogP contribution in [0.25, 0.3) is 22.3 Å². The first-order chi connectivity index (χ1) is 19.3. The minimum atomic E-state index is -0.397. The van der Waals surface area contributed by atoms with Crippen LogP contribution in [0.5, 0.6) is 11.5 Å². The number of carbonyl (C=O) groups excluding carboxylic acids is 1. The van der Waals surface area contributed by atoms with Crippen LogP contribution in [0, 0.1) is 26.6 Å². The highest BCUT2D eigenvalue weighted by molar-refractivity contribution is 5.79. The van der Waals surface area contributed by atoms with Gasteiger partial charge in [0.1, 0.15) is 23.4 Å². The number of esters is 1. The van der Waals surface area contributed by atoms with E-state index in [1.54, 1.807) is 12.3 Å². The molecule has 0 fully saturated rings. The zero-order valence-corrected chi connectivity index (χ0v) is 23.1. The van der Waals surface area contributed by atoms with E-state index < -0.39 is 6.10 Å². The number of aryl methyl sites for hydroxylation is 3. The number of hydrogen-bond acceptors (Lipinski definition) is 6. The van der Waals surface area contributed by atoms with Crippen molar-refractivity contribution >= 4 is 5.97 Å². The fourth-order valence-electron chi connectivity index (χ4n) is 6.16. The Kier molecular flexibility index (Phi) is 6.74. The number of carbonyl (C=O) groups is 1. The first kappa shape index (κ1) is 26.0. The Labute approximate surface area is 233 Å². The lowest BCUT2D eigenvalue weighted by Gasteiger charge is -2.19. The Morgan fingerprint density at radius 1 is 1.05 bits per heavy atom. The molecule has 2 atom stereocenters. The molecule has 0 bridgehead atoms. The molecule has 204 valence electrons. The number of methoxy groups -OCH3 is 1. The van der Waals surface area contributed by atoms with E-state index in [1.165, 1.54) is 7.11 Å². The number of ether oxygens (including phenoxy) is 3. The first-order valence-electron chi connectivity index (χ1n) is 13.5. The van der Waals surface area contributed by atoms with E-state index in [4.69, 9.17) is 14.2 Å². The molecule has 1 aliphatic heterocycles. The molecule has 1 aromatic heterocycles. The van der Waals surface area contributed by atoms with Gasteiger partial charge in [-0.05, 0) is 85.2 Å². The molecule has 6 rings (SSSR count). The van der Waals surface area contributed by atoms with Gasteiger partial charge in [-0.15, -0.1) is 0 Å². The molecule has 3 aromatic carbocycles. The van der Waals surface area contributed by atoms with E-state index >= 15 is 4.39 Å². The molecule has 2 heterocycles. The Morgan fingerprint density at radius 2 is 1.85 bits per heavy atom. The molecule has 0 saturated heterocycles. The highest BCUT2D eigenvalue weighted by Crippen LogP contribution is 2.45. The predicted octanol–water partition coefficient (Wildman–Crippen LogP) is 6.98. The minimum absolute atomic E-state index is 0.0413. The summed E-state index contributed by atoms with van der Waals surface area (Å²) in [6.45, 7) is 6.56. The normalized spacial score (nSPS) is 17.2. The summed E-state index contributed by atoms with van der Waals surface area (Å²) in [6, 6.07) is 15.5. The molecule has 4 aromatic rings. The average molecular weight is 539 g/mol. The van der Waals surface area contributed by atoms with E-state index in [1.807, 2.05) is 37.3 Å². The molecular weight excluding hydrogens is 507 g/mol. The molecule has 7 heteroatoms. The van der Waals surface area contributed by atoms with Gasteiger partial charge in [0.05, 0.1) is 32.0 Å². The van der Waals surface area contributed by atoms with Gasteiger partial charge < -0.3 is 14.2 Å². The number of nitrogens with zero attached hydrogens (tertiary/aromatic N) is 2. The number of rotatable bonds is 6. The molecule has 2 aliphatic rings. The molecule has 0 saturated carbocycles. The second kappa shape index (κ2) is 10.4. The van der Waals surface area contributed by atoms with Crippen LogP contribution in [0.3, 0.4) is 0 Å². The summed E-state index contributed by atoms with van der Waals surface area (Å²) in [7, 11) is 1.39. The summed E-state index contributed by atoms with van der Waals surface area (Å²) in [4.78, 5) is 11.7. The minimum Gasteiger partial charge on any atom is -0.492 e. The lowest BCUT2D eigenvalue weighted by molar-refractivity contribution is -0.141. The van der Waals surface area contributed by atoms with Crippen molar-refractivity contribution in [3.05, 3.63) is 94.1 Å². The van der Waals surface area contributed by atoms with Gasteiger partial charge in [-0.3, -0.25) is 4.79 Å². The van der Waals surface area contributed by atoms with E-state index in [0.717, 1.165) is 56.6 Å². The molecule has 0 radical (unpaired) electrons. The lowest BCUT2D eigenvalue weighted by atomic mass is 9.88. The van der Waals surface area contributed by atoms with Crippen LogP contribution in [0.15, 0.2) is 54.7 Å². The first-order valence-corrected chi connectivity index (χ1v) is 13.5. The van der Waals surface area contributed by atoms with Crippen molar-refractivity contribution in [1.29, 1.82) is 0 Å². The third-order valence-corrected chi connectivity index (χ3v) is 7.98. The standard InChI is InChI=1S/C33H31FN2O4/c1-18-11-21(22-13-20(3)36-35-16-22)12-19(2)32(18)26-7-9-28(34)33-27(26)8-10-29(33)40-24-5-6-25-23(14-31(37)38-4)17-39-30(25)15-24/h5-7,9,11-13,15-16,23,29H,8,10,14,17H2,1-4H3/t23?,29-/m1/s1. The highest BCUT2D eigenvalue weighted by atomic mass is 19.1. The molecule has 0 amide bonds. The van der Waals surface area contributed by atoms with Gasteiger partial charge in [-0.2, -0.15) is 10.2 Å². The van der Waals surface area contributed by atoms with Gasteiger partial charge in [0.15, 0.2) is 0 Å². The Bertz CT molecular complexity index is 1610. The number of halogens is 1. The van der Waals surface area contributed by atoms with Gasteiger partial charge in [0.2, 0.25) is 0 Å². The van der Waals surface area contributed by atoms with Gasteiger partial charge in [0.25, 0.3) is 0 Å². The SMILES string of the molecule is COC(=O)CC1COc2cc(O[C@@H]3CCc4c(-c5c(C)cc(-c6cnnc(C)c6)cc5C)ccc(F)c43)ccc21. The topological polar surface area (TPSA) is 70.5 Å². The van der Waals surface area contributed by atoms with Gasteiger partial charge >= 0.3 is 5.97 Å². The van der Waals surface area contributed by atoms with Crippen LogP contribution in [-0.4, -0.2) is 29.9 Å². The van der Waals surface area contributed by atoms with Crippen LogP contribution in [0.4, 0.5) is 4.39 Å². The molecule has 0 spiro atoms. The molecule has 0 N–H and O–H groups in total. The number of aromatic nitrogens is 2. The Morgan fingerprint density at radius 3 is 2.60 bits per heavy atom. The fraction of sp³-hybridized carbons (Fsp3) is 0.303. The quantitative estimate of drug-likeness (QED) is 0.247. The van der Waals surface area contributed by atoms with Gasteiger partial charge in [-0.25, -0.2) is 4.39 Å². The Balaban J connectivity index is 1.29. The fourth-order valence-corrected chi connectivity index (χ4v) is 6.16.